The maximum atomic E-state index is 10.8. The SMILES string of the molecule is CCCC1CCC(O)(Cc2ccc(OC)c(Br)c2)CC1. The van der Waals surface area contributed by atoms with Crippen molar-refractivity contribution in [3.8, 4) is 5.75 Å². The highest BCUT2D eigenvalue weighted by Crippen LogP contribution is 2.37. The molecule has 1 aliphatic rings. The predicted octanol–water partition coefficient (Wildman–Crippen LogP) is 4.72. The van der Waals surface area contributed by atoms with Crippen LogP contribution < -0.4 is 4.74 Å². The summed E-state index contributed by atoms with van der Waals surface area (Å²) in [4.78, 5) is 0. The monoisotopic (exact) mass is 340 g/mol. The van der Waals surface area contributed by atoms with Crippen molar-refractivity contribution in [3.63, 3.8) is 0 Å². The topological polar surface area (TPSA) is 29.5 Å². The average molecular weight is 341 g/mol. The first-order valence-electron chi connectivity index (χ1n) is 7.61. The van der Waals surface area contributed by atoms with Gasteiger partial charge in [-0.15, -0.1) is 0 Å². The molecule has 1 fully saturated rings. The Bertz CT molecular complexity index is 437. The van der Waals surface area contributed by atoms with Crippen LogP contribution in [0.3, 0.4) is 0 Å². The van der Waals surface area contributed by atoms with Crippen molar-refractivity contribution in [1.29, 1.82) is 0 Å². The van der Waals surface area contributed by atoms with Crippen molar-refractivity contribution < 1.29 is 9.84 Å². The highest BCUT2D eigenvalue weighted by atomic mass is 79.9. The lowest BCUT2D eigenvalue weighted by Crippen LogP contribution is -2.36. The van der Waals surface area contributed by atoms with E-state index >= 15 is 0 Å². The number of methoxy groups -OCH3 is 1. The van der Waals surface area contributed by atoms with Crippen LogP contribution in [0.4, 0.5) is 0 Å². The van der Waals surface area contributed by atoms with E-state index in [9.17, 15) is 5.11 Å². The largest absolute Gasteiger partial charge is 0.496 e. The molecule has 2 nitrogen and oxygen atoms in total. The van der Waals surface area contributed by atoms with Crippen molar-refractivity contribution in [2.75, 3.05) is 7.11 Å². The van der Waals surface area contributed by atoms with E-state index in [1.807, 2.05) is 6.07 Å². The first kappa shape index (κ1) is 15.8. The fourth-order valence-electron chi connectivity index (χ4n) is 3.29. The van der Waals surface area contributed by atoms with Crippen LogP contribution in [-0.2, 0) is 6.42 Å². The molecule has 0 unspecified atom stereocenters. The number of hydrogen-bond acceptors (Lipinski definition) is 2. The Morgan fingerprint density at radius 2 is 2.05 bits per heavy atom. The van der Waals surface area contributed by atoms with Crippen molar-refractivity contribution in [3.05, 3.63) is 28.2 Å². The van der Waals surface area contributed by atoms with Gasteiger partial charge in [0.2, 0.25) is 0 Å². The molecule has 0 aromatic heterocycles. The zero-order valence-electron chi connectivity index (χ0n) is 12.5. The first-order valence-corrected chi connectivity index (χ1v) is 8.40. The average Bonchev–Trinajstić information content (AvgIpc) is 2.42. The van der Waals surface area contributed by atoms with Gasteiger partial charge in [-0.05, 0) is 65.2 Å². The Labute approximate surface area is 130 Å². The van der Waals surface area contributed by atoms with E-state index in [4.69, 9.17) is 4.74 Å². The molecular weight excluding hydrogens is 316 g/mol. The smallest absolute Gasteiger partial charge is 0.133 e. The molecule has 1 N–H and O–H groups in total. The standard InChI is InChI=1S/C17H25BrO2/c1-3-4-13-7-9-17(19,10-8-13)12-14-5-6-16(20-2)15(18)11-14/h5-6,11,13,19H,3-4,7-10,12H2,1-2H3. The van der Waals surface area contributed by atoms with E-state index in [-0.39, 0.29) is 0 Å². The summed E-state index contributed by atoms with van der Waals surface area (Å²) in [6.07, 6.45) is 7.51. The summed E-state index contributed by atoms with van der Waals surface area (Å²) in [6, 6.07) is 6.08. The summed E-state index contributed by atoms with van der Waals surface area (Å²) in [6.45, 7) is 2.25. The van der Waals surface area contributed by atoms with Crippen LogP contribution >= 0.6 is 15.9 Å². The van der Waals surface area contributed by atoms with Gasteiger partial charge < -0.3 is 9.84 Å². The number of rotatable bonds is 5. The zero-order chi connectivity index (χ0) is 14.6. The van der Waals surface area contributed by atoms with E-state index in [0.717, 1.165) is 35.4 Å². The normalized spacial score (nSPS) is 26.5. The zero-order valence-corrected chi connectivity index (χ0v) is 14.1. The molecule has 0 spiro atoms. The minimum atomic E-state index is -0.516. The molecule has 0 atom stereocenters. The Morgan fingerprint density at radius 1 is 1.35 bits per heavy atom. The third kappa shape index (κ3) is 3.98. The first-order chi connectivity index (χ1) is 9.56. The minimum absolute atomic E-state index is 0.516. The summed E-state index contributed by atoms with van der Waals surface area (Å²) >= 11 is 3.51. The molecule has 0 heterocycles. The molecule has 1 aromatic rings. The van der Waals surface area contributed by atoms with Crippen molar-refractivity contribution in [2.45, 2.75) is 57.5 Å². The van der Waals surface area contributed by atoms with E-state index in [2.05, 4.69) is 35.0 Å². The summed E-state index contributed by atoms with van der Waals surface area (Å²) in [7, 11) is 1.67. The lowest BCUT2D eigenvalue weighted by atomic mass is 9.75. The summed E-state index contributed by atoms with van der Waals surface area (Å²) in [5, 5.41) is 10.8. The van der Waals surface area contributed by atoms with Gasteiger partial charge in [0.25, 0.3) is 0 Å². The van der Waals surface area contributed by atoms with Crippen LogP contribution in [0.2, 0.25) is 0 Å². The van der Waals surface area contributed by atoms with E-state index in [1.54, 1.807) is 7.11 Å². The Balaban J connectivity index is 1.97. The number of hydrogen-bond donors (Lipinski definition) is 1. The Morgan fingerprint density at radius 3 is 2.60 bits per heavy atom. The molecule has 0 radical (unpaired) electrons. The molecular formula is C17H25BrO2. The van der Waals surface area contributed by atoms with Gasteiger partial charge in [0.15, 0.2) is 0 Å². The third-order valence-corrected chi connectivity index (χ3v) is 5.10. The highest BCUT2D eigenvalue weighted by molar-refractivity contribution is 9.10. The van der Waals surface area contributed by atoms with Crippen molar-refractivity contribution in [1.82, 2.24) is 0 Å². The highest BCUT2D eigenvalue weighted by Gasteiger charge is 2.32. The van der Waals surface area contributed by atoms with Crippen molar-refractivity contribution in [2.24, 2.45) is 5.92 Å². The number of ether oxygens (including phenoxy) is 1. The summed E-state index contributed by atoms with van der Waals surface area (Å²) in [5.41, 5.74) is 0.660. The molecule has 1 aromatic carbocycles. The molecule has 2 rings (SSSR count). The van der Waals surface area contributed by atoms with Crippen LogP contribution in [0, 0.1) is 5.92 Å². The summed E-state index contributed by atoms with van der Waals surface area (Å²) in [5.74, 6) is 1.66. The molecule has 0 amide bonds. The van der Waals surface area contributed by atoms with E-state index < -0.39 is 5.60 Å². The van der Waals surface area contributed by atoms with Crippen LogP contribution in [0.25, 0.3) is 0 Å². The molecule has 0 bridgehead atoms. The van der Waals surface area contributed by atoms with Gasteiger partial charge in [-0.25, -0.2) is 0 Å². The number of halogens is 1. The lowest BCUT2D eigenvalue weighted by Gasteiger charge is -2.36. The second-order valence-electron chi connectivity index (χ2n) is 6.10. The van der Waals surface area contributed by atoms with Crippen LogP contribution in [0.5, 0.6) is 5.75 Å². The van der Waals surface area contributed by atoms with Crippen LogP contribution in [0.1, 0.15) is 51.0 Å². The number of aliphatic hydroxyl groups is 1. The van der Waals surface area contributed by atoms with Gasteiger partial charge in [-0.3, -0.25) is 0 Å². The Kier molecular flexibility index (Phi) is 5.50. The molecule has 1 aliphatic carbocycles. The predicted molar refractivity (Wildman–Crippen MR) is 86.2 cm³/mol. The minimum Gasteiger partial charge on any atom is -0.496 e. The maximum Gasteiger partial charge on any atom is 0.133 e. The lowest BCUT2D eigenvalue weighted by molar-refractivity contribution is -0.00988. The third-order valence-electron chi connectivity index (χ3n) is 4.48. The molecule has 1 saturated carbocycles. The summed E-state index contributed by atoms with van der Waals surface area (Å²) < 4.78 is 6.21. The van der Waals surface area contributed by atoms with Crippen LogP contribution in [0.15, 0.2) is 22.7 Å². The van der Waals surface area contributed by atoms with Gasteiger partial charge in [0.05, 0.1) is 17.2 Å². The van der Waals surface area contributed by atoms with Gasteiger partial charge in [-0.1, -0.05) is 25.8 Å². The van der Waals surface area contributed by atoms with Crippen molar-refractivity contribution >= 4 is 15.9 Å². The molecule has 3 heteroatoms. The van der Waals surface area contributed by atoms with Gasteiger partial charge >= 0.3 is 0 Å². The number of benzene rings is 1. The quantitative estimate of drug-likeness (QED) is 0.840. The van der Waals surface area contributed by atoms with Gasteiger partial charge in [-0.2, -0.15) is 0 Å². The molecule has 0 aliphatic heterocycles. The fraction of sp³-hybridized carbons (Fsp3) is 0.647. The molecule has 0 saturated heterocycles. The second-order valence-corrected chi connectivity index (χ2v) is 6.96. The van der Waals surface area contributed by atoms with Gasteiger partial charge in [0, 0.05) is 6.42 Å². The van der Waals surface area contributed by atoms with Gasteiger partial charge in [0.1, 0.15) is 5.75 Å². The second kappa shape index (κ2) is 6.95. The molecule has 112 valence electrons. The van der Waals surface area contributed by atoms with E-state index in [1.165, 1.54) is 31.2 Å². The maximum absolute atomic E-state index is 10.8. The molecule has 20 heavy (non-hydrogen) atoms. The Hall–Kier alpha value is -0.540. The van der Waals surface area contributed by atoms with E-state index in [0.29, 0.717) is 0 Å². The fourth-order valence-corrected chi connectivity index (χ4v) is 3.88. The van der Waals surface area contributed by atoms with Crippen LogP contribution in [-0.4, -0.2) is 17.8 Å².